The molecule has 0 atom stereocenters. The van der Waals surface area contributed by atoms with E-state index in [1.54, 1.807) is 6.20 Å². The molecule has 1 amide bonds. The summed E-state index contributed by atoms with van der Waals surface area (Å²) < 4.78 is 2.41. The minimum Gasteiger partial charge on any atom is -0.324 e. The fraction of sp³-hybridized carbons (Fsp3) is 0.182. The van der Waals surface area contributed by atoms with Crippen molar-refractivity contribution in [3.8, 4) is 0 Å². The molecule has 0 aliphatic carbocycles. The lowest BCUT2D eigenvalue weighted by Crippen LogP contribution is -2.19. The number of anilines is 1. The number of hydrogen-bond donors (Lipinski definition) is 1. The van der Waals surface area contributed by atoms with Gasteiger partial charge in [-0.2, -0.15) is 0 Å². The average molecular weight is 295 g/mol. The highest BCUT2D eigenvalue weighted by Crippen LogP contribution is 2.18. The lowest BCUT2D eigenvalue weighted by molar-refractivity contribution is -0.116. The van der Waals surface area contributed by atoms with Gasteiger partial charge < -0.3 is 5.32 Å². The molecule has 0 spiro atoms. The Morgan fingerprint density at radius 2 is 2.29 bits per heavy atom. The van der Waals surface area contributed by atoms with Crippen LogP contribution in [0.1, 0.15) is 5.56 Å². The number of benzene rings is 1. The van der Waals surface area contributed by atoms with Crippen molar-refractivity contribution in [3.05, 3.63) is 40.6 Å². The quantitative estimate of drug-likeness (QED) is 0.942. The number of aromatic nitrogens is 3. The highest BCUT2D eigenvalue weighted by Gasteiger charge is 2.04. The second kappa shape index (κ2) is 5.09. The molecule has 2 aromatic rings. The first kappa shape index (κ1) is 11.8. The van der Waals surface area contributed by atoms with Crippen LogP contribution in [0.4, 0.5) is 5.69 Å². The van der Waals surface area contributed by atoms with E-state index < -0.39 is 0 Å². The lowest BCUT2D eigenvalue weighted by Gasteiger charge is -2.06. The van der Waals surface area contributed by atoms with E-state index in [0.29, 0.717) is 0 Å². The van der Waals surface area contributed by atoms with Crippen LogP contribution in [0.15, 0.2) is 35.1 Å². The molecule has 88 valence electrons. The van der Waals surface area contributed by atoms with Gasteiger partial charge in [0.25, 0.3) is 0 Å². The Morgan fingerprint density at radius 1 is 1.47 bits per heavy atom. The van der Waals surface area contributed by atoms with Gasteiger partial charge in [0.1, 0.15) is 6.54 Å². The van der Waals surface area contributed by atoms with Crippen LogP contribution < -0.4 is 5.32 Å². The molecule has 0 radical (unpaired) electrons. The Labute approximate surface area is 107 Å². The maximum Gasteiger partial charge on any atom is 0.246 e. The summed E-state index contributed by atoms with van der Waals surface area (Å²) in [6.07, 6.45) is 3.18. The summed E-state index contributed by atoms with van der Waals surface area (Å²) in [5.74, 6) is -0.131. The van der Waals surface area contributed by atoms with Crippen LogP contribution in [0, 0.1) is 6.92 Å². The van der Waals surface area contributed by atoms with Gasteiger partial charge in [0, 0.05) is 16.4 Å². The van der Waals surface area contributed by atoms with E-state index in [2.05, 4.69) is 31.6 Å². The molecule has 0 saturated heterocycles. The van der Waals surface area contributed by atoms with Crippen molar-refractivity contribution in [2.45, 2.75) is 13.5 Å². The van der Waals surface area contributed by atoms with Crippen molar-refractivity contribution in [1.29, 1.82) is 0 Å². The smallest absolute Gasteiger partial charge is 0.246 e. The van der Waals surface area contributed by atoms with Gasteiger partial charge in [0.2, 0.25) is 5.91 Å². The molecule has 2 rings (SSSR count). The number of carbonyl (C=O) groups is 1. The fourth-order valence-corrected chi connectivity index (χ4v) is 2.08. The largest absolute Gasteiger partial charge is 0.324 e. The van der Waals surface area contributed by atoms with E-state index in [1.165, 1.54) is 10.9 Å². The van der Waals surface area contributed by atoms with E-state index in [9.17, 15) is 4.79 Å². The molecular weight excluding hydrogens is 284 g/mol. The zero-order chi connectivity index (χ0) is 12.3. The second-order valence-corrected chi connectivity index (χ2v) is 4.58. The van der Waals surface area contributed by atoms with E-state index in [0.717, 1.165) is 15.7 Å². The number of rotatable bonds is 3. The molecule has 0 bridgehead atoms. The molecule has 0 aliphatic rings. The van der Waals surface area contributed by atoms with Crippen molar-refractivity contribution >= 4 is 27.5 Å². The molecule has 1 N–H and O–H groups in total. The Balaban J connectivity index is 2.03. The number of amides is 1. The summed E-state index contributed by atoms with van der Waals surface area (Å²) in [6.45, 7) is 2.13. The summed E-state index contributed by atoms with van der Waals surface area (Å²) in [6, 6.07) is 5.74. The standard InChI is InChI=1S/C11H11BrN4O/c1-8-4-9(12)6-10(5-8)14-11(17)7-16-3-2-13-15-16/h2-6H,7H2,1H3,(H,14,17). The van der Waals surface area contributed by atoms with Crippen LogP contribution in [0.5, 0.6) is 0 Å². The number of nitrogens with zero attached hydrogens (tertiary/aromatic N) is 3. The van der Waals surface area contributed by atoms with E-state index in [4.69, 9.17) is 0 Å². The van der Waals surface area contributed by atoms with Crippen LogP contribution in [-0.2, 0) is 11.3 Å². The minimum absolute atomic E-state index is 0.131. The monoisotopic (exact) mass is 294 g/mol. The molecule has 0 saturated carbocycles. The van der Waals surface area contributed by atoms with Crippen LogP contribution >= 0.6 is 15.9 Å². The minimum atomic E-state index is -0.131. The molecule has 1 heterocycles. The van der Waals surface area contributed by atoms with Crippen molar-refractivity contribution in [2.75, 3.05) is 5.32 Å². The van der Waals surface area contributed by atoms with Crippen LogP contribution in [0.2, 0.25) is 0 Å². The van der Waals surface area contributed by atoms with E-state index >= 15 is 0 Å². The summed E-state index contributed by atoms with van der Waals surface area (Å²) >= 11 is 3.38. The molecular formula is C11H11BrN4O. The highest BCUT2D eigenvalue weighted by molar-refractivity contribution is 9.10. The van der Waals surface area contributed by atoms with Gasteiger partial charge in [-0.3, -0.25) is 4.79 Å². The Kier molecular flexibility index (Phi) is 3.53. The number of halogens is 1. The Bertz CT molecular complexity index is 504. The first-order valence-electron chi connectivity index (χ1n) is 5.04. The average Bonchev–Trinajstić information content (AvgIpc) is 2.67. The van der Waals surface area contributed by atoms with Gasteiger partial charge in [-0.25, -0.2) is 4.68 Å². The zero-order valence-corrected chi connectivity index (χ0v) is 10.8. The molecule has 1 aromatic carbocycles. The van der Waals surface area contributed by atoms with Crippen molar-refractivity contribution in [1.82, 2.24) is 15.0 Å². The molecule has 0 fully saturated rings. The highest BCUT2D eigenvalue weighted by atomic mass is 79.9. The summed E-state index contributed by atoms with van der Waals surface area (Å²) in [5, 5.41) is 10.2. The summed E-state index contributed by atoms with van der Waals surface area (Å²) in [7, 11) is 0. The third kappa shape index (κ3) is 3.39. The van der Waals surface area contributed by atoms with Crippen molar-refractivity contribution in [2.24, 2.45) is 0 Å². The SMILES string of the molecule is Cc1cc(Br)cc(NC(=O)Cn2ccnn2)c1. The third-order valence-electron chi connectivity index (χ3n) is 2.10. The Morgan fingerprint density at radius 3 is 2.94 bits per heavy atom. The predicted molar refractivity (Wildman–Crippen MR) is 67.5 cm³/mol. The van der Waals surface area contributed by atoms with E-state index in [1.807, 2.05) is 25.1 Å². The fourth-order valence-electron chi connectivity index (χ4n) is 1.47. The lowest BCUT2D eigenvalue weighted by atomic mass is 10.2. The Hall–Kier alpha value is -1.69. The van der Waals surface area contributed by atoms with Gasteiger partial charge in [-0.05, 0) is 30.7 Å². The number of carbonyl (C=O) groups excluding carboxylic acids is 1. The number of nitrogens with one attached hydrogen (secondary N) is 1. The summed E-state index contributed by atoms with van der Waals surface area (Å²) in [5.41, 5.74) is 1.84. The second-order valence-electron chi connectivity index (χ2n) is 3.67. The van der Waals surface area contributed by atoms with Crippen molar-refractivity contribution in [3.63, 3.8) is 0 Å². The third-order valence-corrected chi connectivity index (χ3v) is 2.56. The maximum atomic E-state index is 11.7. The molecule has 17 heavy (non-hydrogen) atoms. The van der Waals surface area contributed by atoms with Gasteiger partial charge in [0.05, 0.1) is 6.20 Å². The maximum absolute atomic E-state index is 11.7. The van der Waals surface area contributed by atoms with Gasteiger partial charge >= 0.3 is 0 Å². The van der Waals surface area contributed by atoms with Gasteiger partial charge in [-0.15, -0.1) is 5.10 Å². The summed E-state index contributed by atoms with van der Waals surface area (Å²) in [4.78, 5) is 11.7. The number of aryl methyl sites for hydroxylation is 1. The van der Waals surface area contributed by atoms with Gasteiger partial charge in [0.15, 0.2) is 0 Å². The van der Waals surface area contributed by atoms with Crippen LogP contribution in [0.25, 0.3) is 0 Å². The molecule has 0 unspecified atom stereocenters. The first-order valence-corrected chi connectivity index (χ1v) is 5.84. The van der Waals surface area contributed by atoms with Gasteiger partial charge in [-0.1, -0.05) is 21.1 Å². The number of hydrogen-bond acceptors (Lipinski definition) is 3. The molecule has 5 nitrogen and oxygen atoms in total. The normalized spacial score (nSPS) is 10.2. The molecule has 0 aliphatic heterocycles. The van der Waals surface area contributed by atoms with Crippen LogP contribution in [0.3, 0.4) is 0 Å². The molecule has 6 heteroatoms. The molecule has 1 aromatic heterocycles. The van der Waals surface area contributed by atoms with Crippen molar-refractivity contribution < 1.29 is 4.79 Å². The predicted octanol–water partition coefficient (Wildman–Crippen LogP) is 1.99. The zero-order valence-electron chi connectivity index (χ0n) is 9.22. The van der Waals surface area contributed by atoms with E-state index in [-0.39, 0.29) is 12.5 Å². The van der Waals surface area contributed by atoms with Crippen LogP contribution in [-0.4, -0.2) is 20.9 Å². The topological polar surface area (TPSA) is 59.8 Å². The first-order chi connectivity index (χ1) is 8.13.